The van der Waals surface area contributed by atoms with Crippen molar-refractivity contribution in [1.82, 2.24) is 19.4 Å². The van der Waals surface area contributed by atoms with Gasteiger partial charge in [-0.2, -0.15) is 0 Å². The predicted molar refractivity (Wildman–Crippen MR) is 93.4 cm³/mol. The van der Waals surface area contributed by atoms with E-state index in [0.717, 1.165) is 42.2 Å². The van der Waals surface area contributed by atoms with Gasteiger partial charge in [-0.25, -0.2) is 9.97 Å². The Morgan fingerprint density at radius 2 is 1.92 bits per heavy atom. The van der Waals surface area contributed by atoms with Crippen LogP contribution in [0.1, 0.15) is 39.5 Å². The van der Waals surface area contributed by atoms with Gasteiger partial charge < -0.3 is 4.90 Å². The summed E-state index contributed by atoms with van der Waals surface area (Å²) >= 11 is 1.40. The van der Waals surface area contributed by atoms with Crippen LogP contribution in [0.2, 0.25) is 0 Å². The van der Waals surface area contributed by atoms with Gasteiger partial charge in [0.05, 0.1) is 17.5 Å². The third kappa shape index (κ3) is 3.26. The highest BCUT2D eigenvalue weighted by Gasteiger charge is 2.26. The van der Waals surface area contributed by atoms with Crippen molar-refractivity contribution in [3.8, 4) is 0 Å². The molecule has 0 radical (unpaired) electrons. The zero-order chi connectivity index (χ0) is 17.3. The molecule has 1 aliphatic rings. The molecule has 7 heteroatoms. The number of carbonyl (C=O) groups is 1. The molecule has 0 aromatic carbocycles. The molecule has 2 aromatic rings. The van der Waals surface area contributed by atoms with Gasteiger partial charge in [-0.15, -0.1) is 11.3 Å². The highest BCUT2D eigenvalue weighted by atomic mass is 32.1. The smallest absolute Gasteiger partial charge is 0.265 e. The minimum absolute atomic E-state index is 0.0429. The first-order chi connectivity index (χ1) is 11.5. The lowest BCUT2D eigenvalue weighted by molar-refractivity contribution is 0.0686. The summed E-state index contributed by atoms with van der Waals surface area (Å²) in [4.78, 5) is 35.9. The lowest BCUT2D eigenvalue weighted by Gasteiger charge is -2.32. The lowest BCUT2D eigenvalue weighted by Crippen LogP contribution is -2.40. The molecule has 1 amide bonds. The number of aromatic nitrogens is 3. The second-order valence-corrected chi connectivity index (χ2v) is 7.27. The van der Waals surface area contributed by atoms with Crippen molar-refractivity contribution in [2.75, 3.05) is 13.1 Å². The fourth-order valence-corrected chi connectivity index (χ4v) is 3.82. The molecule has 0 aliphatic carbocycles. The summed E-state index contributed by atoms with van der Waals surface area (Å²) in [5.74, 6) is 0.483. The minimum Gasteiger partial charge on any atom is -0.338 e. The second kappa shape index (κ2) is 6.84. The fourth-order valence-electron chi connectivity index (χ4n) is 3.05. The highest BCUT2D eigenvalue weighted by Crippen LogP contribution is 2.22. The van der Waals surface area contributed by atoms with Crippen molar-refractivity contribution in [2.24, 2.45) is 5.92 Å². The third-order valence-corrected chi connectivity index (χ3v) is 5.73. The summed E-state index contributed by atoms with van der Waals surface area (Å²) in [6.07, 6.45) is 3.45. The van der Waals surface area contributed by atoms with Gasteiger partial charge >= 0.3 is 0 Å². The maximum Gasteiger partial charge on any atom is 0.265 e. The number of nitrogens with zero attached hydrogens (tertiary/aromatic N) is 4. The number of likely N-dealkylation sites (tertiary alicyclic amines) is 1. The molecule has 1 saturated heterocycles. The van der Waals surface area contributed by atoms with E-state index in [1.54, 1.807) is 16.4 Å². The SMILES string of the molecule is Cc1ncsc1C(=O)N1CCC(Cn2cnc(C)c(C)c2=O)CC1. The van der Waals surface area contributed by atoms with Crippen molar-refractivity contribution >= 4 is 17.2 Å². The van der Waals surface area contributed by atoms with Crippen LogP contribution in [-0.2, 0) is 6.54 Å². The van der Waals surface area contributed by atoms with Gasteiger partial charge in [0.15, 0.2) is 0 Å². The third-order valence-electron chi connectivity index (χ3n) is 4.81. The van der Waals surface area contributed by atoms with Crippen LogP contribution in [0.3, 0.4) is 0 Å². The van der Waals surface area contributed by atoms with Gasteiger partial charge in [0.2, 0.25) is 0 Å². The highest BCUT2D eigenvalue weighted by molar-refractivity contribution is 7.11. The molecule has 6 nitrogen and oxygen atoms in total. The molecule has 0 atom stereocenters. The van der Waals surface area contributed by atoms with E-state index in [9.17, 15) is 9.59 Å². The van der Waals surface area contributed by atoms with Crippen LogP contribution in [0, 0.1) is 26.7 Å². The number of carbonyl (C=O) groups excluding carboxylic acids is 1. The number of rotatable bonds is 3. The van der Waals surface area contributed by atoms with Crippen LogP contribution < -0.4 is 5.56 Å². The van der Waals surface area contributed by atoms with Crippen LogP contribution in [0.5, 0.6) is 0 Å². The van der Waals surface area contributed by atoms with Gasteiger partial charge in [0.25, 0.3) is 11.5 Å². The molecule has 3 rings (SSSR count). The molecule has 0 spiro atoms. The van der Waals surface area contributed by atoms with Crippen molar-refractivity contribution in [2.45, 2.75) is 40.2 Å². The summed E-state index contributed by atoms with van der Waals surface area (Å²) in [6, 6.07) is 0. The molecule has 24 heavy (non-hydrogen) atoms. The van der Waals surface area contributed by atoms with E-state index in [0.29, 0.717) is 18.0 Å². The Bertz CT molecular complexity index is 803. The largest absolute Gasteiger partial charge is 0.338 e. The average molecular weight is 346 g/mol. The van der Waals surface area contributed by atoms with Crippen molar-refractivity contribution in [3.05, 3.63) is 44.0 Å². The van der Waals surface area contributed by atoms with Gasteiger partial charge in [-0.05, 0) is 39.5 Å². The van der Waals surface area contributed by atoms with E-state index in [1.807, 2.05) is 25.7 Å². The van der Waals surface area contributed by atoms with Gasteiger partial charge in [-0.1, -0.05) is 0 Å². The standard InChI is InChI=1S/C17H22N4O2S/c1-11-12(2)18-9-21(16(11)22)8-14-4-6-20(7-5-14)17(23)15-13(3)19-10-24-15/h9-10,14H,4-8H2,1-3H3. The summed E-state index contributed by atoms with van der Waals surface area (Å²) < 4.78 is 1.71. The van der Waals surface area contributed by atoms with E-state index in [2.05, 4.69) is 9.97 Å². The van der Waals surface area contributed by atoms with Crippen LogP contribution in [0.25, 0.3) is 0 Å². The Balaban J connectivity index is 1.62. The maximum absolute atomic E-state index is 12.5. The number of piperidine rings is 1. The number of amides is 1. The quantitative estimate of drug-likeness (QED) is 0.854. The maximum atomic E-state index is 12.5. The van der Waals surface area contributed by atoms with Crippen LogP contribution >= 0.6 is 11.3 Å². The van der Waals surface area contributed by atoms with Crippen LogP contribution in [0.15, 0.2) is 16.6 Å². The number of hydrogen-bond acceptors (Lipinski definition) is 5. The molecule has 1 aliphatic heterocycles. The van der Waals surface area contributed by atoms with E-state index in [4.69, 9.17) is 0 Å². The number of aryl methyl sites for hydroxylation is 2. The zero-order valence-electron chi connectivity index (χ0n) is 14.3. The fraction of sp³-hybridized carbons (Fsp3) is 0.529. The Morgan fingerprint density at radius 3 is 2.54 bits per heavy atom. The minimum atomic E-state index is 0.0429. The molecule has 2 aromatic heterocycles. The molecular weight excluding hydrogens is 324 g/mol. The normalized spacial score (nSPS) is 15.7. The monoisotopic (exact) mass is 346 g/mol. The molecule has 3 heterocycles. The lowest BCUT2D eigenvalue weighted by atomic mass is 9.96. The molecule has 0 saturated carbocycles. The van der Waals surface area contributed by atoms with E-state index < -0.39 is 0 Å². The second-order valence-electron chi connectivity index (χ2n) is 6.41. The average Bonchev–Trinajstić information content (AvgIpc) is 3.01. The molecule has 0 unspecified atom stereocenters. The molecular formula is C17H22N4O2S. The molecule has 128 valence electrons. The van der Waals surface area contributed by atoms with Crippen molar-refractivity contribution in [1.29, 1.82) is 0 Å². The van der Waals surface area contributed by atoms with E-state index in [1.165, 1.54) is 11.3 Å². The summed E-state index contributed by atoms with van der Waals surface area (Å²) in [5.41, 5.74) is 4.07. The Hall–Kier alpha value is -2.02. The summed E-state index contributed by atoms with van der Waals surface area (Å²) in [6.45, 7) is 7.68. The topological polar surface area (TPSA) is 68.1 Å². The predicted octanol–water partition coefficient (Wildman–Crippen LogP) is 2.18. The number of hydrogen-bond donors (Lipinski definition) is 0. The van der Waals surface area contributed by atoms with E-state index in [-0.39, 0.29) is 11.5 Å². The Morgan fingerprint density at radius 1 is 1.21 bits per heavy atom. The van der Waals surface area contributed by atoms with Gasteiger partial charge in [-0.3, -0.25) is 14.2 Å². The first-order valence-corrected chi connectivity index (χ1v) is 9.07. The summed E-state index contributed by atoms with van der Waals surface area (Å²) in [7, 11) is 0. The van der Waals surface area contributed by atoms with Crippen molar-refractivity contribution in [3.63, 3.8) is 0 Å². The Labute approximate surface area is 145 Å². The van der Waals surface area contributed by atoms with Crippen LogP contribution in [-0.4, -0.2) is 38.4 Å². The molecule has 1 fully saturated rings. The first kappa shape index (κ1) is 16.8. The van der Waals surface area contributed by atoms with E-state index >= 15 is 0 Å². The van der Waals surface area contributed by atoms with Gasteiger partial charge in [0.1, 0.15) is 4.88 Å². The first-order valence-electron chi connectivity index (χ1n) is 8.19. The summed E-state index contributed by atoms with van der Waals surface area (Å²) in [5, 5.41) is 0. The van der Waals surface area contributed by atoms with Crippen LogP contribution in [0.4, 0.5) is 0 Å². The van der Waals surface area contributed by atoms with Gasteiger partial charge in [0, 0.05) is 30.9 Å². The van der Waals surface area contributed by atoms with Crippen molar-refractivity contribution < 1.29 is 4.79 Å². The zero-order valence-corrected chi connectivity index (χ0v) is 15.1. The molecule has 0 bridgehead atoms. The number of thiazole rings is 1. The Kier molecular flexibility index (Phi) is 4.80. The molecule has 0 N–H and O–H groups in total.